The number of hydrogen-bond acceptors (Lipinski definition) is 5. The first-order valence-corrected chi connectivity index (χ1v) is 6.50. The van der Waals surface area contributed by atoms with Crippen LogP contribution in [-0.2, 0) is 11.3 Å². The first-order valence-electron chi connectivity index (χ1n) is 6.50. The molecule has 1 rings (SSSR count). The van der Waals surface area contributed by atoms with E-state index in [2.05, 4.69) is 12.2 Å². The Morgan fingerprint density at radius 2 is 2.00 bits per heavy atom. The van der Waals surface area contributed by atoms with Crippen molar-refractivity contribution in [1.82, 2.24) is 5.32 Å². The Morgan fingerprint density at radius 3 is 2.68 bits per heavy atom. The number of benzene rings is 1. The van der Waals surface area contributed by atoms with Gasteiger partial charge >= 0.3 is 0 Å². The normalized spacial score (nSPS) is 10.5. The molecule has 0 aliphatic heterocycles. The topological polar surface area (TPSA) is 60.0 Å². The van der Waals surface area contributed by atoms with E-state index in [4.69, 9.17) is 19.3 Å². The lowest BCUT2D eigenvalue weighted by Crippen LogP contribution is -2.12. The second-order valence-corrected chi connectivity index (χ2v) is 3.95. The van der Waals surface area contributed by atoms with Crippen molar-refractivity contribution < 1.29 is 19.3 Å². The van der Waals surface area contributed by atoms with Crippen LogP contribution in [0.1, 0.15) is 12.5 Å². The van der Waals surface area contributed by atoms with E-state index >= 15 is 0 Å². The predicted molar refractivity (Wildman–Crippen MR) is 73.8 cm³/mol. The number of methoxy groups -OCH3 is 1. The van der Waals surface area contributed by atoms with Crippen LogP contribution in [0.4, 0.5) is 0 Å². The van der Waals surface area contributed by atoms with Gasteiger partial charge in [0.2, 0.25) is 0 Å². The quantitative estimate of drug-likeness (QED) is 0.625. The Kier molecular flexibility index (Phi) is 7.97. The van der Waals surface area contributed by atoms with Crippen LogP contribution in [0.2, 0.25) is 0 Å². The van der Waals surface area contributed by atoms with Crippen molar-refractivity contribution >= 4 is 0 Å². The summed E-state index contributed by atoms with van der Waals surface area (Å²) in [5.74, 6) is 1.42. The predicted octanol–water partition coefficient (Wildman–Crippen LogP) is 1.19. The Hall–Kier alpha value is -1.30. The van der Waals surface area contributed by atoms with Crippen LogP contribution in [0.15, 0.2) is 18.2 Å². The third-order valence-electron chi connectivity index (χ3n) is 2.53. The summed E-state index contributed by atoms with van der Waals surface area (Å²) in [5.41, 5.74) is 1.15. The molecule has 5 heteroatoms. The van der Waals surface area contributed by atoms with Gasteiger partial charge in [-0.15, -0.1) is 0 Å². The minimum Gasteiger partial charge on any atom is -0.493 e. The largest absolute Gasteiger partial charge is 0.493 e. The summed E-state index contributed by atoms with van der Waals surface area (Å²) >= 11 is 0. The monoisotopic (exact) mass is 269 g/mol. The highest BCUT2D eigenvalue weighted by Gasteiger charge is 2.05. The molecule has 2 N–H and O–H groups in total. The van der Waals surface area contributed by atoms with Crippen LogP contribution in [0.3, 0.4) is 0 Å². The lowest BCUT2D eigenvalue weighted by Gasteiger charge is -2.12. The van der Waals surface area contributed by atoms with Crippen LogP contribution < -0.4 is 14.8 Å². The van der Waals surface area contributed by atoms with E-state index in [1.54, 1.807) is 7.11 Å². The van der Waals surface area contributed by atoms with Crippen LogP contribution in [0.5, 0.6) is 11.5 Å². The van der Waals surface area contributed by atoms with Crippen LogP contribution in [0, 0.1) is 0 Å². The molecule has 0 radical (unpaired) electrons. The number of aliphatic hydroxyl groups is 1. The second-order valence-electron chi connectivity index (χ2n) is 3.95. The van der Waals surface area contributed by atoms with E-state index in [0.717, 1.165) is 18.7 Å². The summed E-state index contributed by atoms with van der Waals surface area (Å²) in [7, 11) is 1.62. The second kappa shape index (κ2) is 9.61. The van der Waals surface area contributed by atoms with E-state index < -0.39 is 0 Å². The number of nitrogens with one attached hydrogen (secondary N) is 1. The molecule has 108 valence electrons. The highest BCUT2D eigenvalue weighted by molar-refractivity contribution is 5.42. The summed E-state index contributed by atoms with van der Waals surface area (Å²) in [5, 5.41) is 11.9. The van der Waals surface area contributed by atoms with Gasteiger partial charge in [0, 0.05) is 6.54 Å². The van der Waals surface area contributed by atoms with Gasteiger partial charge in [0.25, 0.3) is 0 Å². The zero-order valence-corrected chi connectivity index (χ0v) is 11.6. The summed E-state index contributed by atoms with van der Waals surface area (Å²) in [6.07, 6.45) is 0. The van der Waals surface area contributed by atoms with E-state index in [9.17, 15) is 0 Å². The Balaban J connectivity index is 2.52. The fourth-order valence-electron chi connectivity index (χ4n) is 1.59. The molecule has 0 saturated heterocycles. The van der Waals surface area contributed by atoms with Gasteiger partial charge in [0.05, 0.1) is 26.9 Å². The van der Waals surface area contributed by atoms with Crippen LogP contribution >= 0.6 is 0 Å². The minimum atomic E-state index is 0.0293. The molecule has 0 heterocycles. The molecule has 0 saturated carbocycles. The summed E-state index contributed by atoms with van der Waals surface area (Å²) in [6.45, 7) is 5.04. The molecule has 0 unspecified atom stereocenters. The maximum Gasteiger partial charge on any atom is 0.161 e. The van der Waals surface area contributed by atoms with Crippen molar-refractivity contribution in [2.45, 2.75) is 13.5 Å². The number of aliphatic hydroxyl groups excluding tert-OH is 1. The maximum atomic E-state index is 8.59. The Bertz CT molecular complexity index is 357. The third-order valence-corrected chi connectivity index (χ3v) is 2.53. The van der Waals surface area contributed by atoms with Crippen molar-refractivity contribution in [1.29, 1.82) is 0 Å². The molecule has 5 nitrogen and oxygen atoms in total. The van der Waals surface area contributed by atoms with Gasteiger partial charge < -0.3 is 24.6 Å². The van der Waals surface area contributed by atoms with Crippen molar-refractivity contribution in [3.05, 3.63) is 23.8 Å². The summed E-state index contributed by atoms with van der Waals surface area (Å²) < 4.78 is 16.0. The van der Waals surface area contributed by atoms with Gasteiger partial charge in [-0.2, -0.15) is 0 Å². The molecule has 0 amide bonds. The number of rotatable bonds is 10. The molecule has 1 aromatic carbocycles. The van der Waals surface area contributed by atoms with E-state index in [1.165, 1.54) is 0 Å². The lowest BCUT2D eigenvalue weighted by molar-refractivity contribution is 0.0698. The highest BCUT2D eigenvalue weighted by Crippen LogP contribution is 2.27. The van der Waals surface area contributed by atoms with Gasteiger partial charge in [-0.25, -0.2) is 0 Å². The zero-order chi connectivity index (χ0) is 13.9. The Morgan fingerprint density at radius 1 is 1.16 bits per heavy atom. The lowest BCUT2D eigenvalue weighted by atomic mass is 10.2. The molecule has 0 aliphatic carbocycles. The van der Waals surface area contributed by atoms with Crippen LogP contribution in [-0.4, -0.2) is 45.2 Å². The highest BCUT2D eigenvalue weighted by atomic mass is 16.5. The van der Waals surface area contributed by atoms with Gasteiger partial charge in [-0.05, 0) is 24.2 Å². The maximum absolute atomic E-state index is 8.59. The summed E-state index contributed by atoms with van der Waals surface area (Å²) in [4.78, 5) is 0. The Labute approximate surface area is 114 Å². The molecule has 1 aromatic rings. The minimum absolute atomic E-state index is 0.0293. The molecule has 0 aliphatic rings. The van der Waals surface area contributed by atoms with Crippen molar-refractivity contribution in [2.75, 3.05) is 40.1 Å². The fraction of sp³-hybridized carbons (Fsp3) is 0.571. The smallest absolute Gasteiger partial charge is 0.161 e. The fourth-order valence-corrected chi connectivity index (χ4v) is 1.59. The van der Waals surface area contributed by atoms with E-state index in [0.29, 0.717) is 31.3 Å². The first-order chi connectivity index (χ1) is 9.31. The number of ether oxygens (including phenoxy) is 3. The van der Waals surface area contributed by atoms with E-state index in [-0.39, 0.29) is 6.61 Å². The van der Waals surface area contributed by atoms with Gasteiger partial charge in [-0.1, -0.05) is 13.0 Å². The SMILES string of the molecule is CCNCc1ccc(OC)c(OCCOCCO)c1. The standard InChI is InChI=1S/C14H23NO4/c1-3-15-11-12-4-5-13(17-2)14(10-12)19-9-8-18-7-6-16/h4-5,10,15-16H,3,6-9,11H2,1-2H3. The van der Waals surface area contributed by atoms with Gasteiger partial charge in [0.1, 0.15) is 6.61 Å². The summed E-state index contributed by atoms with van der Waals surface area (Å²) in [6, 6.07) is 5.88. The van der Waals surface area contributed by atoms with Crippen molar-refractivity contribution in [3.63, 3.8) is 0 Å². The van der Waals surface area contributed by atoms with Gasteiger partial charge in [-0.3, -0.25) is 0 Å². The molecule has 0 fully saturated rings. The zero-order valence-electron chi connectivity index (χ0n) is 11.6. The molecular weight excluding hydrogens is 246 g/mol. The van der Waals surface area contributed by atoms with Crippen molar-refractivity contribution in [3.8, 4) is 11.5 Å². The molecule has 0 aromatic heterocycles. The number of hydrogen-bond donors (Lipinski definition) is 2. The molecule has 0 atom stereocenters. The molecule has 19 heavy (non-hydrogen) atoms. The van der Waals surface area contributed by atoms with Crippen LogP contribution in [0.25, 0.3) is 0 Å². The average molecular weight is 269 g/mol. The first kappa shape index (κ1) is 15.8. The van der Waals surface area contributed by atoms with Gasteiger partial charge in [0.15, 0.2) is 11.5 Å². The average Bonchev–Trinajstić information content (AvgIpc) is 2.45. The third kappa shape index (κ3) is 5.92. The van der Waals surface area contributed by atoms with E-state index in [1.807, 2.05) is 18.2 Å². The molecular formula is C14H23NO4. The molecule has 0 bridgehead atoms. The molecule has 0 spiro atoms. The van der Waals surface area contributed by atoms with Crippen molar-refractivity contribution in [2.24, 2.45) is 0 Å².